The van der Waals surface area contributed by atoms with Crippen molar-refractivity contribution in [2.45, 2.75) is 6.92 Å². The lowest BCUT2D eigenvalue weighted by molar-refractivity contribution is 0.0536. The summed E-state index contributed by atoms with van der Waals surface area (Å²) >= 11 is 0. The first-order valence-electron chi connectivity index (χ1n) is 10.6. The first-order chi connectivity index (χ1) is 15.6. The van der Waals surface area contributed by atoms with Gasteiger partial charge in [0.25, 0.3) is 11.8 Å². The van der Waals surface area contributed by atoms with Crippen molar-refractivity contribution >= 4 is 28.7 Å². The third-order valence-electron chi connectivity index (χ3n) is 5.44. The van der Waals surface area contributed by atoms with Gasteiger partial charge in [-0.05, 0) is 48.0 Å². The molecule has 3 aromatic carbocycles. The van der Waals surface area contributed by atoms with Gasteiger partial charge < -0.3 is 19.3 Å². The van der Waals surface area contributed by atoms with E-state index in [0.29, 0.717) is 43.1 Å². The second-order valence-corrected chi connectivity index (χ2v) is 7.42. The molecule has 0 aromatic heterocycles. The molecule has 3 aromatic rings. The van der Waals surface area contributed by atoms with E-state index in [9.17, 15) is 14.4 Å². The quantitative estimate of drug-likeness (QED) is 0.461. The molecule has 0 saturated carbocycles. The van der Waals surface area contributed by atoms with E-state index in [0.717, 1.165) is 10.8 Å². The standard InChI is InChI=1S/C25H24N2O5/c1-2-31-25(30)32-20-12-10-19(11-13-20)23(28)26-14-16-27(17-15-26)24(29)22-9-5-7-18-6-3-4-8-21(18)22/h3-13H,2,14-17H2,1H3. The Kier molecular flexibility index (Phi) is 6.35. The molecule has 0 radical (unpaired) electrons. The molecule has 4 rings (SSSR count). The molecule has 0 atom stereocenters. The van der Waals surface area contributed by atoms with Gasteiger partial charge in [-0.25, -0.2) is 4.79 Å². The number of ether oxygens (including phenoxy) is 2. The van der Waals surface area contributed by atoms with Crippen molar-refractivity contribution in [3.05, 3.63) is 77.9 Å². The second kappa shape index (κ2) is 9.51. The van der Waals surface area contributed by atoms with Crippen LogP contribution in [0.15, 0.2) is 66.7 Å². The topological polar surface area (TPSA) is 76.2 Å². The summed E-state index contributed by atoms with van der Waals surface area (Å²) in [5.41, 5.74) is 1.18. The minimum Gasteiger partial charge on any atom is -0.434 e. The van der Waals surface area contributed by atoms with Crippen LogP contribution in [-0.2, 0) is 4.74 Å². The Morgan fingerprint density at radius 2 is 1.41 bits per heavy atom. The molecule has 7 heteroatoms. The van der Waals surface area contributed by atoms with Gasteiger partial charge in [0.2, 0.25) is 0 Å². The van der Waals surface area contributed by atoms with Crippen LogP contribution in [0.3, 0.4) is 0 Å². The van der Waals surface area contributed by atoms with Crippen molar-refractivity contribution in [3.63, 3.8) is 0 Å². The predicted molar refractivity (Wildman–Crippen MR) is 120 cm³/mol. The number of hydrogen-bond donors (Lipinski definition) is 0. The molecule has 2 amide bonds. The highest BCUT2D eigenvalue weighted by atomic mass is 16.7. The Labute approximate surface area is 186 Å². The van der Waals surface area contributed by atoms with E-state index >= 15 is 0 Å². The second-order valence-electron chi connectivity index (χ2n) is 7.42. The largest absolute Gasteiger partial charge is 0.513 e. The monoisotopic (exact) mass is 432 g/mol. The first kappa shape index (κ1) is 21.4. The fourth-order valence-corrected chi connectivity index (χ4v) is 3.79. The number of piperazine rings is 1. The number of carbonyl (C=O) groups excluding carboxylic acids is 3. The summed E-state index contributed by atoms with van der Waals surface area (Å²) in [5, 5.41) is 1.96. The normalized spacial score (nSPS) is 13.7. The summed E-state index contributed by atoms with van der Waals surface area (Å²) in [7, 11) is 0. The fraction of sp³-hybridized carbons (Fsp3) is 0.240. The smallest absolute Gasteiger partial charge is 0.434 e. The van der Waals surface area contributed by atoms with Crippen molar-refractivity contribution in [2.24, 2.45) is 0 Å². The van der Waals surface area contributed by atoms with Crippen molar-refractivity contribution in [3.8, 4) is 5.75 Å². The molecule has 0 bridgehead atoms. The van der Waals surface area contributed by atoms with Crippen LogP contribution in [0.5, 0.6) is 5.75 Å². The molecular weight excluding hydrogens is 408 g/mol. The average molecular weight is 432 g/mol. The zero-order valence-corrected chi connectivity index (χ0v) is 17.8. The summed E-state index contributed by atoms with van der Waals surface area (Å²) in [6.45, 7) is 3.77. The molecule has 7 nitrogen and oxygen atoms in total. The Balaban J connectivity index is 1.37. The predicted octanol–water partition coefficient (Wildman–Crippen LogP) is 3.97. The molecule has 1 saturated heterocycles. The van der Waals surface area contributed by atoms with E-state index < -0.39 is 6.16 Å². The first-order valence-corrected chi connectivity index (χ1v) is 10.6. The zero-order valence-electron chi connectivity index (χ0n) is 17.8. The summed E-state index contributed by atoms with van der Waals surface area (Å²) in [6, 6.07) is 19.9. The SMILES string of the molecule is CCOC(=O)Oc1ccc(C(=O)N2CCN(C(=O)c3cccc4ccccc34)CC2)cc1. The van der Waals surface area contributed by atoms with E-state index in [-0.39, 0.29) is 18.4 Å². The lowest BCUT2D eigenvalue weighted by Gasteiger charge is -2.35. The van der Waals surface area contributed by atoms with Gasteiger partial charge in [0, 0.05) is 37.3 Å². The highest BCUT2D eigenvalue weighted by Crippen LogP contribution is 2.21. The van der Waals surface area contributed by atoms with Crippen LogP contribution in [0.1, 0.15) is 27.6 Å². The van der Waals surface area contributed by atoms with Crippen molar-refractivity contribution in [2.75, 3.05) is 32.8 Å². The Morgan fingerprint density at radius 3 is 2.09 bits per heavy atom. The minimum atomic E-state index is -0.779. The Bertz CT molecular complexity index is 1130. The van der Waals surface area contributed by atoms with Crippen molar-refractivity contribution < 1.29 is 23.9 Å². The van der Waals surface area contributed by atoms with Gasteiger partial charge in [0.15, 0.2) is 0 Å². The molecule has 1 fully saturated rings. The van der Waals surface area contributed by atoms with Gasteiger partial charge in [-0.15, -0.1) is 0 Å². The van der Waals surface area contributed by atoms with Gasteiger partial charge in [-0.3, -0.25) is 9.59 Å². The molecular formula is C25H24N2O5. The number of nitrogens with zero attached hydrogens (tertiary/aromatic N) is 2. The summed E-state index contributed by atoms with van der Waals surface area (Å²) in [4.78, 5) is 40.9. The molecule has 0 aliphatic carbocycles. The lowest BCUT2D eigenvalue weighted by Crippen LogP contribution is -2.50. The Hall–Kier alpha value is -3.87. The van der Waals surface area contributed by atoms with Gasteiger partial charge in [0.1, 0.15) is 5.75 Å². The fourth-order valence-electron chi connectivity index (χ4n) is 3.79. The number of carbonyl (C=O) groups is 3. The maximum absolute atomic E-state index is 13.1. The van der Waals surface area contributed by atoms with Gasteiger partial charge in [0.05, 0.1) is 6.61 Å². The molecule has 0 spiro atoms. The summed E-state index contributed by atoms with van der Waals surface area (Å²) < 4.78 is 9.75. The summed E-state index contributed by atoms with van der Waals surface area (Å²) in [5.74, 6) is 0.171. The minimum absolute atomic E-state index is 0.0191. The van der Waals surface area contributed by atoms with Crippen LogP contribution in [-0.4, -0.2) is 60.6 Å². The van der Waals surface area contributed by atoms with Gasteiger partial charge >= 0.3 is 6.16 Å². The number of fused-ring (bicyclic) bond motifs is 1. The molecule has 32 heavy (non-hydrogen) atoms. The molecule has 164 valence electrons. The van der Waals surface area contributed by atoms with Crippen molar-refractivity contribution in [1.82, 2.24) is 9.80 Å². The van der Waals surface area contributed by atoms with E-state index in [1.54, 1.807) is 41.0 Å². The third-order valence-corrected chi connectivity index (χ3v) is 5.44. The van der Waals surface area contributed by atoms with E-state index in [1.165, 1.54) is 0 Å². The zero-order chi connectivity index (χ0) is 22.5. The van der Waals surface area contributed by atoms with Crippen LogP contribution in [0, 0.1) is 0 Å². The molecule has 0 unspecified atom stereocenters. The van der Waals surface area contributed by atoms with Crippen LogP contribution >= 0.6 is 0 Å². The third kappa shape index (κ3) is 4.56. The molecule has 1 aliphatic rings. The molecule has 1 heterocycles. The highest BCUT2D eigenvalue weighted by Gasteiger charge is 2.26. The van der Waals surface area contributed by atoms with E-state index in [1.807, 2.05) is 42.5 Å². The lowest BCUT2D eigenvalue weighted by atomic mass is 10.0. The van der Waals surface area contributed by atoms with Crippen LogP contribution in [0.4, 0.5) is 4.79 Å². The number of hydrogen-bond acceptors (Lipinski definition) is 5. The molecule has 0 N–H and O–H groups in total. The van der Waals surface area contributed by atoms with Crippen molar-refractivity contribution in [1.29, 1.82) is 0 Å². The number of rotatable bonds is 4. The molecule has 1 aliphatic heterocycles. The number of benzene rings is 3. The highest BCUT2D eigenvalue weighted by molar-refractivity contribution is 6.07. The number of amides is 2. The van der Waals surface area contributed by atoms with Crippen LogP contribution < -0.4 is 4.74 Å². The van der Waals surface area contributed by atoms with Crippen LogP contribution in [0.2, 0.25) is 0 Å². The maximum atomic E-state index is 13.1. The Morgan fingerprint density at radius 1 is 0.781 bits per heavy atom. The van der Waals surface area contributed by atoms with Crippen LogP contribution in [0.25, 0.3) is 10.8 Å². The summed E-state index contributed by atoms with van der Waals surface area (Å²) in [6.07, 6.45) is -0.779. The van der Waals surface area contributed by atoms with E-state index in [2.05, 4.69) is 0 Å². The maximum Gasteiger partial charge on any atom is 0.513 e. The van der Waals surface area contributed by atoms with Gasteiger partial charge in [-0.1, -0.05) is 36.4 Å². The van der Waals surface area contributed by atoms with Gasteiger partial charge in [-0.2, -0.15) is 0 Å². The van der Waals surface area contributed by atoms with E-state index in [4.69, 9.17) is 9.47 Å². The average Bonchev–Trinajstić information content (AvgIpc) is 2.83.